The van der Waals surface area contributed by atoms with Crippen LogP contribution in [0.15, 0.2) is 12.1 Å². The highest BCUT2D eigenvalue weighted by Gasteiger charge is 2.15. The van der Waals surface area contributed by atoms with Crippen LogP contribution in [0.25, 0.3) is 0 Å². The maximum atomic E-state index is 12.4. The summed E-state index contributed by atoms with van der Waals surface area (Å²) in [6.07, 6.45) is 20.3. The van der Waals surface area contributed by atoms with Gasteiger partial charge in [0.05, 0.1) is 21.3 Å². The zero-order chi connectivity index (χ0) is 23.4. The van der Waals surface area contributed by atoms with Gasteiger partial charge in [0.2, 0.25) is 5.91 Å². The average molecular weight is 450 g/mol. The number of amides is 1. The van der Waals surface area contributed by atoms with Crippen LogP contribution in [-0.2, 0) is 4.79 Å². The van der Waals surface area contributed by atoms with E-state index in [0.29, 0.717) is 29.4 Å². The highest BCUT2D eigenvalue weighted by Crippen LogP contribution is 2.39. The number of ether oxygens (including phenoxy) is 3. The fraction of sp³-hybridized carbons (Fsp3) is 0.741. The SMILES string of the molecule is CCCCCCCCCCCCCCCCCC(=O)Nc1c(OC)cc(OC)cc1OC. The molecular weight excluding hydrogens is 402 g/mol. The second-order valence-corrected chi connectivity index (χ2v) is 8.65. The normalized spacial score (nSPS) is 10.8. The van der Waals surface area contributed by atoms with Gasteiger partial charge in [-0.3, -0.25) is 4.79 Å². The molecule has 0 atom stereocenters. The maximum Gasteiger partial charge on any atom is 0.224 e. The Morgan fingerprint density at radius 2 is 1.06 bits per heavy atom. The molecule has 0 radical (unpaired) electrons. The van der Waals surface area contributed by atoms with E-state index in [0.717, 1.165) is 12.8 Å². The van der Waals surface area contributed by atoms with Gasteiger partial charge in [0.15, 0.2) is 0 Å². The third kappa shape index (κ3) is 12.2. The van der Waals surface area contributed by atoms with Crippen LogP contribution in [-0.4, -0.2) is 27.2 Å². The Kier molecular flexibility index (Phi) is 16.4. The second kappa shape index (κ2) is 18.6. The van der Waals surface area contributed by atoms with Crippen molar-refractivity contribution in [2.45, 2.75) is 110 Å². The lowest BCUT2D eigenvalue weighted by atomic mass is 10.0. The van der Waals surface area contributed by atoms with Crippen LogP contribution in [0.2, 0.25) is 0 Å². The summed E-state index contributed by atoms with van der Waals surface area (Å²) in [6.45, 7) is 2.27. The van der Waals surface area contributed by atoms with Crippen LogP contribution in [0.5, 0.6) is 17.2 Å². The van der Waals surface area contributed by atoms with E-state index in [1.165, 1.54) is 83.5 Å². The van der Waals surface area contributed by atoms with Crippen LogP contribution < -0.4 is 19.5 Å². The molecule has 1 rings (SSSR count). The first-order chi connectivity index (χ1) is 15.7. The number of hydrogen-bond acceptors (Lipinski definition) is 4. The fourth-order valence-electron chi connectivity index (χ4n) is 3.99. The summed E-state index contributed by atoms with van der Waals surface area (Å²) in [5.41, 5.74) is 0.557. The minimum atomic E-state index is -0.0125. The molecule has 0 fully saturated rings. The quantitative estimate of drug-likeness (QED) is 0.205. The van der Waals surface area contributed by atoms with Gasteiger partial charge in [-0.25, -0.2) is 0 Å². The number of hydrogen-bond donors (Lipinski definition) is 1. The lowest BCUT2D eigenvalue weighted by molar-refractivity contribution is -0.116. The van der Waals surface area contributed by atoms with Gasteiger partial charge in [0, 0.05) is 18.6 Å². The smallest absolute Gasteiger partial charge is 0.224 e. The van der Waals surface area contributed by atoms with Crippen molar-refractivity contribution in [2.75, 3.05) is 26.6 Å². The number of methoxy groups -OCH3 is 3. The van der Waals surface area contributed by atoms with E-state index in [-0.39, 0.29) is 5.91 Å². The van der Waals surface area contributed by atoms with Gasteiger partial charge in [-0.2, -0.15) is 0 Å². The summed E-state index contributed by atoms with van der Waals surface area (Å²) in [5, 5.41) is 2.94. The van der Waals surface area contributed by atoms with Crippen molar-refractivity contribution in [3.8, 4) is 17.2 Å². The summed E-state index contributed by atoms with van der Waals surface area (Å²) < 4.78 is 16.0. The summed E-state index contributed by atoms with van der Waals surface area (Å²) in [6, 6.07) is 3.48. The van der Waals surface area contributed by atoms with Gasteiger partial charge in [-0.1, -0.05) is 96.8 Å². The minimum absolute atomic E-state index is 0.0125. The molecule has 32 heavy (non-hydrogen) atoms. The van der Waals surface area contributed by atoms with E-state index < -0.39 is 0 Å². The lowest BCUT2D eigenvalue weighted by Gasteiger charge is -2.15. The van der Waals surface area contributed by atoms with E-state index >= 15 is 0 Å². The molecule has 0 bridgehead atoms. The Bertz CT molecular complexity index is 593. The summed E-state index contributed by atoms with van der Waals surface area (Å²) in [7, 11) is 4.72. The van der Waals surface area contributed by atoms with Gasteiger partial charge >= 0.3 is 0 Å². The average Bonchev–Trinajstić information content (AvgIpc) is 2.81. The molecule has 0 heterocycles. The highest BCUT2D eigenvalue weighted by atomic mass is 16.5. The van der Waals surface area contributed by atoms with Gasteiger partial charge in [-0.15, -0.1) is 0 Å². The molecule has 1 amide bonds. The number of rotatable bonds is 20. The summed E-state index contributed by atoms with van der Waals surface area (Å²) in [5.74, 6) is 1.68. The molecule has 0 aromatic heterocycles. The molecule has 0 aliphatic rings. The van der Waals surface area contributed by atoms with Crippen molar-refractivity contribution in [3.63, 3.8) is 0 Å². The van der Waals surface area contributed by atoms with Gasteiger partial charge in [0.25, 0.3) is 0 Å². The predicted molar refractivity (Wildman–Crippen MR) is 134 cm³/mol. The number of carbonyl (C=O) groups is 1. The van der Waals surface area contributed by atoms with Crippen LogP contribution in [0.1, 0.15) is 110 Å². The van der Waals surface area contributed by atoms with Gasteiger partial charge < -0.3 is 19.5 Å². The van der Waals surface area contributed by atoms with Crippen LogP contribution >= 0.6 is 0 Å². The van der Waals surface area contributed by atoms with Crippen molar-refractivity contribution in [1.29, 1.82) is 0 Å². The summed E-state index contributed by atoms with van der Waals surface area (Å²) in [4.78, 5) is 12.4. The molecule has 1 aromatic carbocycles. The topological polar surface area (TPSA) is 56.8 Å². The first-order valence-corrected chi connectivity index (χ1v) is 12.8. The molecule has 5 heteroatoms. The molecule has 0 saturated heterocycles. The number of nitrogens with one attached hydrogen (secondary N) is 1. The molecule has 1 aromatic rings. The van der Waals surface area contributed by atoms with Crippen LogP contribution in [0.4, 0.5) is 5.69 Å². The monoisotopic (exact) mass is 449 g/mol. The molecule has 184 valence electrons. The molecular formula is C27H47NO4. The van der Waals surface area contributed by atoms with Crippen molar-refractivity contribution in [1.82, 2.24) is 0 Å². The first-order valence-electron chi connectivity index (χ1n) is 12.8. The Hall–Kier alpha value is -1.91. The Labute approximate surface area is 196 Å². The molecule has 1 N–H and O–H groups in total. The zero-order valence-electron chi connectivity index (χ0n) is 21.1. The largest absolute Gasteiger partial charge is 0.496 e. The number of unbranched alkanes of at least 4 members (excludes halogenated alkanes) is 14. The van der Waals surface area contributed by atoms with Gasteiger partial charge in [-0.05, 0) is 6.42 Å². The van der Waals surface area contributed by atoms with Crippen molar-refractivity contribution < 1.29 is 19.0 Å². The fourth-order valence-corrected chi connectivity index (χ4v) is 3.99. The highest BCUT2D eigenvalue weighted by molar-refractivity contribution is 5.94. The number of benzene rings is 1. The molecule has 0 unspecified atom stereocenters. The van der Waals surface area contributed by atoms with Crippen LogP contribution in [0.3, 0.4) is 0 Å². The number of anilines is 1. The number of carbonyl (C=O) groups excluding carboxylic acids is 1. The molecule has 0 aliphatic heterocycles. The van der Waals surface area contributed by atoms with Crippen molar-refractivity contribution >= 4 is 11.6 Å². The molecule has 0 aliphatic carbocycles. The summed E-state index contributed by atoms with van der Waals surface area (Å²) >= 11 is 0. The third-order valence-corrected chi connectivity index (χ3v) is 5.99. The third-order valence-electron chi connectivity index (χ3n) is 5.99. The van der Waals surface area contributed by atoms with Crippen LogP contribution in [0, 0.1) is 0 Å². The van der Waals surface area contributed by atoms with E-state index in [1.807, 2.05) is 0 Å². The minimum Gasteiger partial charge on any atom is -0.496 e. The molecule has 0 saturated carbocycles. The zero-order valence-corrected chi connectivity index (χ0v) is 21.1. The van der Waals surface area contributed by atoms with E-state index in [9.17, 15) is 4.79 Å². The van der Waals surface area contributed by atoms with Crippen molar-refractivity contribution in [2.24, 2.45) is 0 Å². The molecule has 5 nitrogen and oxygen atoms in total. The Morgan fingerprint density at radius 1 is 0.656 bits per heavy atom. The standard InChI is InChI=1S/C27H47NO4/c1-5-6-7-8-9-10-11-12-13-14-15-16-17-18-19-20-26(29)28-27-24(31-3)21-23(30-2)22-25(27)32-4/h21-22H,5-20H2,1-4H3,(H,28,29). The van der Waals surface area contributed by atoms with E-state index in [2.05, 4.69) is 12.2 Å². The predicted octanol–water partition coefficient (Wildman–Crippen LogP) is 7.91. The van der Waals surface area contributed by atoms with Crippen molar-refractivity contribution in [3.05, 3.63) is 12.1 Å². The van der Waals surface area contributed by atoms with Gasteiger partial charge in [0.1, 0.15) is 22.9 Å². The maximum absolute atomic E-state index is 12.4. The van der Waals surface area contributed by atoms with E-state index in [1.54, 1.807) is 33.5 Å². The lowest BCUT2D eigenvalue weighted by Crippen LogP contribution is -2.13. The van der Waals surface area contributed by atoms with E-state index in [4.69, 9.17) is 14.2 Å². The first kappa shape index (κ1) is 28.1. The Morgan fingerprint density at radius 3 is 1.44 bits per heavy atom. The molecule has 0 spiro atoms. The second-order valence-electron chi connectivity index (χ2n) is 8.65. The Balaban J connectivity index is 2.08.